The third-order valence-corrected chi connectivity index (χ3v) is 4.82. The van der Waals surface area contributed by atoms with Gasteiger partial charge in [-0.25, -0.2) is 0 Å². The smallest absolute Gasteiger partial charge is 0.229 e. The quantitative estimate of drug-likeness (QED) is 0.729. The topological polar surface area (TPSA) is 114 Å². The average molecular weight is 308 g/mol. The van der Waals surface area contributed by atoms with E-state index in [0.717, 1.165) is 18.7 Å². The SMILES string of the molecule is N[C@@H]1C[C@@H](C(=O)NCCc2noc(C3CCC3)n2)CC[C@H]1O. The third-order valence-electron chi connectivity index (χ3n) is 4.82. The Hall–Kier alpha value is -1.47. The van der Waals surface area contributed by atoms with E-state index in [4.69, 9.17) is 10.3 Å². The molecule has 2 aliphatic carbocycles. The van der Waals surface area contributed by atoms with Crippen molar-refractivity contribution in [3.05, 3.63) is 11.7 Å². The number of hydrogen-bond donors (Lipinski definition) is 3. The first-order chi connectivity index (χ1) is 10.6. The summed E-state index contributed by atoms with van der Waals surface area (Å²) in [5, 5.41) is 16.5. The molecule has 1 heterocycles. The van der Waals surface area contributed by atoms with Crippen LogP contribution in [0.1, 0.15) is 56.2 Å². The first-order valence-corrected chi connectivity index (χ1v) is 8.17. The highest BCUT2D eigenvalue weighted by atomic mass is 16.5. The number of nitrogens with zero attached hydrogens (tertiary/aromatic N) is 2. The second-order valence-electron chi connectivity index (χ2n) is 6.46. The van der Waals surface area contributed by atoms with Crippen molar-refractivity contribution in [2.45, 2.75) is 63.0 Å². The number of aliphatic hydroxyl groups excluding tert-OH is 1. The molecule has 7 heteroatoms. The van der Waals surface area contributed by atoms with Crippen LogP contribution in [0.25, 0.3) is 0 Å². The summed E-state index contributed by atoms with van der Waals surface area (Å²) in [6.45, 7) is 0.497. The van der Waals surface area contributed by atoms with Gasteiger partial charge in [0.2, 0.25) is 11.8 Å². The van der Waals surface area contributed by atoms with E-state index >= 15 is 0 Å². The minimum Gasteiger partial charge on any atom is -0.392 e. The van der Waals surface area contributed by atoms with Crippen LogP contribution in [0.3, 0.4) is 0 Å². The van der Waals surface area contributed by atoms with Gasteiger partial charge in [-0.15, -0.1) is 0 Å². The zero-order chi connectivity index (χ0) is 15.5. The Morgan fingerprint density at radius 3 is 2.86 bits per heavy atom. The highest BCUT2D eigenvalue weighted by Crippen LogP contribution is 2.35. The minimum atomic E-state index is -0.478. The summed E-state index contributed by atoms with van der Waals surface area (Å²) in [6, 6.07) is -0.299. The number of carbonyl (C=O) groups excluding carboxylic acids is 1. The van der Waals surface area contributed by atoms with Crippen LogP contribution in [0.4, 0.5) is 0 Å². The van der Waals surface area contributed by atoms with E-state index in [9.17, 15) is 9.90 Å². The highest BCUT2D eigenvalue weighted by Gasteiger charge is 2.30. The van der Waals surface area contributed by atoms with Crippen LogP contribution in [0, 0.1) is 5.92 Å². The maximum absolute atomic E-state index is 12.1. The van der Waals surface area contributed by atoms with Crippen molar-refractivity contribution in [3.63, 3.8) is 0 Å². The average Bonchev–Trinajstić information content (AvgIpc) is 2.88. The van der Waals surface area contributed by atoms with Crippen LogP contribution in [-0.2, 0) is 11.2 Å². The summed E-state index contributed by atoms with van der Waals surface area (Å²) in [5.74, 6) is 1.73. The van der Waals surface area contributed by atoms with Gasteiger partial charge in [0, 0.05) is 30.8 Å². The number of aromatic nitrogens is 2. The maximum atomic E-state index is 12.1. The predicted octanol–water partition coefficient (Wildman–Crippen LogP) is 0.484. The molecule has 4 N–H and O–H groups in total. The van der Waals surface area contributed by atoms with Gasteiger partial charge in [-0.1, -0.05) is 11.6 Å². The zero-order valence-electron chi connectivity index (χ0n) is 12.7. The maximum Gasteiger partial charge on any atom is 0.229 e. The van der Waals surface area contributed by atoms with Crippen LogP contribution in [0.15, 0.2) is 4.52 Å². The van der Waals surface area contributed by atoms with Crippen LogP contribution >= 0.6 is 0 Å². The fourth-order valence-corrected chi connectivity index (χ4v) is 3.06. The van der Waals surface area contributed by atoms with E-state index in [1.807, 2.05) is 0 Å². The third kappa shape index (κ3) is 3.47. The Labute approximate surface area is 129 Å². The summed E-state index contributed by atoms with van der Waals surface area (Å²) in [5.41, 5.74) is 5.81. The molecule has 2 fully saturated rings. The normalized spacial score (nSPS) is 29.1. The first-order valence-electron chi connectivity index (χ1n) is 8.17. The molecule has 1 aromatic heterocycles. The van der Waals surface area contributed by atoms with Gasteiger partial charge in [0.15, 0.2) is 5.82 Å². The van der Waals surface area contributed by atoms with Gasteiger partial charge in [0.05, 0.1) is 6.10 Å². The molecule has 0 saturated heterocycles. The molecule has 3 rings (SSSR count). The van der Waals surface area contributed by atoms with Gasteiger partial charge in [-0.3, -0.25) is 4.79 Å². The zero-order valence-corrected chi connectivity index (χ0v) is 12.7. The number of amides is 1. The van der Waals surface area contributed by atoms with Crippen LogP contribution in [-0.4, -0.2) is 39.8 Å². The van der Waals surface area contributed by atoms with E-state index in [-0.39, 0.29) is 17.9 Å². The van der Waals surface area contributed by atoms with E-state index in [1.54, 1.807) is 0 Å². The number of nitrogens with two attached hydrogens (primary N) is 1. The van der Waals surface area contributed by atoms with Gasteiger partial charge in [-0.2, -0.15) is 4.98 Å². The number of hydrogen-bond acceptors (Lipinski definition) is 6. The molecule has 0 aromatic carbocycles. The Kier molecular flexibility index (Phi) is 4.73. The molecule has 0 radical (unpaired) electrons. The Bertz CT molecular complexity index is 515. The molecule has 2 aliphatic rings. The lowest BCUT2D eigenvalue weighted by molar-refractivity contribution is -0.126. The lowest BCUT2D eigenvalue weighted by Crippen LogP contribution is -2.45. The van der Waals surface area contributed by atoms with Crippen molar-refractivity contribution in [2.24, 2.45) is 11.7 Å². The fraction of sp³-hybridized carbons (Fsp3) is 0.800. The molecular weight excluding hydrogens is 284 g/mol. The van der Waals surface area contributed by atoms with Crippen LogP contribution in [0.5, 0.6) is 0 Å². The molecule has 0 aliphatic heterocycles. The number of nitrogens with one attached hydrogen (secondary N) is 1. The molecular formula is C15H24N4O3. The molecule has 0 unspecified atom stereocenters. The number of rotatable bonds is 5. The standard InChI is InChI=1S/C15H24N4O3/c16-11-8-10(4-5-12(11)20)14(21)17-7-6-13-18-15(22-19-13)9-2-1-3-9/h9-12,20H,1-8,16H2,(H,17,21)/t10-,11+,12+/m0/s1. The Morgan fingerprint density at radius 2 is 2.18 bits per heavy atom. The van der Waals surface area contributed by atoms with E-state index in [0.29, 0.717) is 44.0 Å². The monoisotopic (exact) mass is 308 g/mol. The molecule has 1 aromatic rings. The fourth-order valence-electron chi connectivity index (χ4n) is 3.06. The second kappa shape index (κ2) is 6.75. The summed E-state index contributed by atoms with van der Waals surface area (Å²) < 4.78 is 5.25. The van der Waals surface area contributed by atoms with Gasteiger partial charge in [0.25, 0.3) is 0 Å². The number of aliphatic hydroxyl groups is 1. The van der Waals surface area contributed by atoms with Crippen molar-refractivity contribution >= 4 is 5.91 Å². The predicted molar refractivity (Wildman–Crippen MR) is 78.9 cm³/mol. The summed E-state index contributed by atoms with van der Waals surface area (Å²) in [7, 11) is 0. The molecule has 3 atom stereocenters. The molecule has 2 saturated carbocycles. The number of carbonyl (C=O) groups is 1. The summed E-state index contributed by atoms with van der Waals surface area (Å²) >= 11 is 0. The molecule has 1 amide bonds. The molecule has 0 bridgehead atoms. The van der Waals surface area contributed by atoms with E-state index in [2.05, 4.69) is 15.5 Å². The van der Waals surface area contributed by atoms with Crippen molar-refractivity contribution in [2.75, 3.05) is 6.54 Å². The van der Waals surface area contributed by atoms with Gasteiger partial charge < -0.3 is 20.7 Å². The summed E-state index contributed by atoms with van der Waals surface area (Å²) in [4.78, 5) is 16.5. The van der Waals surface area contributed by atoms with E-state index < -0.39 is 6.10 Å². The van der Waals surface area contributed by atoms with Crippen molar-refractivity contribution in [1.82, 2.24) is 15.5 Å². The van der Waals surface area contributed by atoms with Crippen molar-refractivity contribution in [3.8, 4) is 0 Å². The van der Waals surface area contributed by atoms with Gasteiger partial charge in [0.1, 0.15) is 0 Å². The molecule has 122 valence electrons. The lowest BCUT2D eigenvalue weighted by atomic mass is 9.83. The van der Waals surface area contributed by atoms with Crippen LogP contribution < -0.4 is 11.1 Å². The Balaban J connectivity index is 1.40. The lowest BCUT2D eigenvalue weighted by Gasteiger charge is -2.29. The molecule has 22 heavy (non-hydrogen) atoms. The molecule has 7 nitrogen and oxygen atoms in total. The second-order valence-corrected chi connectivity index (χ2v) is 6.46. The Morgan fingerprint density at radius 1 is 1.36 bits per heavy atom. The van der Waals surface area contributed by atoms with Gasteiger partial charge >= 0.3 is 0 Å². The van der Waals surface area contributed by atoms with Crippen molar-refractivity contribution < 1.29 is 14.4 Å². The van der Waals surface area contributed by atoms with Crippen molar-refractivity contribution in [1.29, 1.82) is 0 Å². The minimum absolute atomic E-state index is 0.00469. The molecule has 0 spiro atoms. The van der Waals surface area contributed by atoms with Crippen LogP contribution in [0.2, 0.25) is 0 Å². The van der Waals surface area contributed by atoms with E-state index in [1.165, 1.54) is 6.42 Å². The largest absolute Gasteiger partial charge is 0.392 e. The van der Waals surface area contributed by atoms with Gasteiger partial charge in [-0.05, 0) is 32.1 Å². The summed E-state index contributed by atoms with van der Waals surface area (Å²) in [6.07, 6.45) is 5.41. The highest BCUT2D eigenvalue weighted by molar-refractivity contribution is 5.78. The first kappa shape index (κ1) is 15.4.